The van der Waals surface area contributed by atoms with Gasteiger partial charge in [-0.3, -0.25) is 4.79 Å². The largest absolute Gasteiger partial charge is 0.489 e. The molecule has 0 saturated carbocycles. The van der Waals surface area contributed by atoms with Crippen LogP contribution in [0.1, 0.15) is 21.5 Å². The van der Waals surface area contributed by atoms with Gasteiger partial charge in [-0.2, -0.15) is 0 Å². The van der Waals surface area contributed by atoms with Crippen LogP contribution in [0.5, 0.6) is 5.75 Å². The van der Waals surface area contributed by atoms with Crippen LogP contribution >= 0.6 is 15.9 Å². The van der Waals surface area contributed by atoms with Gasteiger partial charge in [-0.1, -0.05) is 46.3 Å². The highest BCUT2D eigenvalue weighted by Gasteiger charge is 2.09. The first-order valence-electron chi connectivity index (χ1n) is 6.24. The van der Waals surface area contributed by atoms with Gasteiger partial charge in [0.1, 0.15) is 12.4 Å². The first-order chi connectivity index (χ1) is 9.74. The van der Waals surface area contributed by atoms with Crippen LogP contribution in [0, 0.1) is 0 Å². The zero-order valence-corrected chi connectivity index (χ0v) is 12.5. The number of alkyl halides is 1. The molecule has 0 bridgehead atoms. The van der Waals surface area contributed by atoms with Gasteiger partial charge >= 0.3 is 0 Å². The lowest BCUT2D eigenvalue weighted by atomic mass is 10.1. The molecule has 3 nitrogen and oxygen atoms in total. The number of ether oxygens (including phenoxy) is 1. The van der Waals surface area contributed by atoms with Crippen molar-refractivity contribution in [2.45, 2.75) is 13.2 Å². The third kappa shape index (κ3) is 3.68. The van der Waals surface area contributed by atoms with Gasteiger partial charge < -0.3 is 9.84 Å². The predicted octanol–water partition coefficient (Wildman–Crippen LogP) is 3.34. The van der Waals surface area contributed by atoms with Gasteiger partial charge in [0.25, 0.3) is 0 Å². The Hall–Kier alpha value is -1.65. The van der Waals surface area contributed by atoms with Gasteiger partial charge in [0, 0.05) is 11.1 Å². The summed E-state index contributed by atoms with van der Waals surface area (Å²) in [6, 6.07) is 14.9. The molecular weight excluding hydrogens is 320 g/mol. The van der Waals surface area contributed by atoms with Crippen molar-refractivity contribution in [1.29, 1.82) is 0 Å². The third-order valence-electron chi connectivity index (χ3n) is 2.91. The first-order valence-corrected chi connectivity index (χ1v) is 7.36. The smallest absolute Gasteiger partial charge is 0.173 e. The van der Waals surface area contributed by atoms with Crippen molar-refractivity contribution in [3.63, 3.8) is 0 Å². The van der Waals surface area contributed by atoms with Crippen LogP contribution in [-0.4, -0.2) is 16.2 Å². The zero-order chi connectivity index (χ0) is 14.4. The molecule has 0 atom stereocenters. The molecule has 1 N–H and O–H groups in total. The lowest BCUT2D eigenvalue weighted by Crippen LogP contribution is -2.03. The minimum absolute atomic E-state index is 0.0192. The Labute approximate surface area is 126 Å². The maximum Gasteiger partial charge on any atom is 0.173 e. The Kier molecular flexibility index (Phi) is 5.32. The molecule has 2 aromatic rings. The molecule has 0 aliphatic rings. The summed E-state index contributed by atoms with van der Waals surface area (Å²) in [6.07, 6.45) is 0. The van der Waals surface area contributed by atoms with E-state index in [1.807, 2.05) is 30.3 Å². The van der Waals surface area contributed by atoms with E-state index < -0.39 is 0 Å². The highest BCUT2D eigenvalue weighted by molar-refractivity contribution is 9.09. The molecule has 0 aromatic heterocycles. The second-order valence-corrected chi connectivity index (χ2v) is 4.87. The summed E-state index contributed by atoms with van der Waals surface area (Å²) < 4.78 is 5.70. The fourth-order valence-electron chi connectivity index (χ4n) is 1.83. The Morgan fingerprint density at radius 2 is 1.90 bits per heavy atom. The van der Waals surface area contributed by atoms with Gasteiger partial charge in [0.15, 0.2) is 5.78 Å². The number of aliphatic hydroxyl groups is 1. The van der Waals surface area contributed by atoms with Crippen molar-refractivity contribution >= 4 is 21.7 Å². The number of ketones is 1. The lowest BCUT2D eigenvalue weighted by molar-refractivity contribution is 0.102. The molecule has 0 fully saturated rings. The standard InChI is InChI=1S/C16H15BrO3/c17-9-15(19)13-6-7-16(14(8-13)10-18)20-11-12-4-2-1-3-5-12/h1-8,18H,9-11H2. The molecule has 0 amide bonds. The van der Waals surface area contributed by atoms with Crippen LogP contribution in [0.3, 0.4) is 0 Å². The second-order valence-electron chi connectivity index (χ2n) is 4.31. The summed E-state index contributed by atoms with van der Waals surface area (Å²) in [5.41, 5.74) is 2.24. The third-order valence-corrected chi connectivity index (χ3v) is 3.42. The van der Waals surface area contributed by atoms with Gasteiger partial charge in [0.05, 0.1) is 11.9 Å². The number of benzene rings is 2. The molecule has 2 rings (SSSR count). The summed E-state index contributed by atoms with van der Waals surface area (Å²) >= 11 is 3.13. The Bertz CT molecular complexity index is 582. The van der Waals surface area contributed by atoms with Crippen LogP contribution in [0.15, 0.2) is 48.5 Å². The quantitative estimate of drug-likeness (QED) is 0.651. The minimum Gasteiger partial charge on any atom is -0.489 e. The average Bonchev–Trinajstić information content (AvgIpc) is 2.53. The van der Waals surface area contributed by atoms with E-state index in [0.717, 1.165) is 5.56 Å². The molecule has 4 heteroatoms. The number of halogens is 1. The zero-order valence-electron chi connectivity index (χ0n) is 10.9. The van der Waals surface area contributed by atoms with E-state index in [1.165, 1.54) is 0 Å². The van der Waals surface area contributed by atoms with E-state index in [9.17, 15) is 9.90 Å². The highest BCUT2D eigenvalue weighted by atomic mass is 79.9. The maximum absolute atomic E-state index is 11.6. The van der Waals surface area contributed by atoms with Crippen LogP contribution < -0.4 is 4.74 Å². The fraction of sp³-hybridized carbons (Fsp3) is 0.188. The summed E-state index contributed by atoms with van der Waals surface area (Å²) in [5.74, 6) is 0.580. The number of aliphatic hydroxyl groups excluding tert-OH is 1. The molecule has 20 heavy (non-hydrogen) atoms. The molecule has 0 spiro atoms. The fourth-order valence-corrected chi connectivity index (χ4v) is 2.15. The molecule has 0 unspecified atom stereocenters. The SMILES string of the molecule is O=C(CBr)c1ccc(OCc2ccccc2)c(CO)c1. The summed E-state index contributed by atoms with van der Waals surface area (Å²) in [4.78, 5) is 11.6. The van der Waals surface area contributed by atoms with Gasteiger partial charge in [0.2, 0.25) is 0 Å². The average molecular weight is 335 g/mol. The van der Waals surface area contributed by atoms with Crippen LogP contribution in [-0.2, 0) is 13.2 Å². The lowest BCUT2D eigenvalue weighted by Gasteiger charge is -2.11. The van der Waals surface area contributed by atoms with E-state index in [0.29, 0.717) is 23.5 Å². The van der Waals surface area contributed by atoms with E-state index >= 15 is 0 Å². The van der Waals surface area contributed by atoms with Gasteiger partial charge in [-0.25, -0.2) is 0 Å². The van der Waals surface area contributed by atoms with Crippen molar-refractivity contribution in [2.75, 3.05) is 5.33 Å². The minimum atomic E-state index is -0.159. The highest BCUT2D eigenvalue weighted by Crippen LogP contribution is 2.22. The monoisotopic (exact) mass is 334 g/mol. The Morgan fingerprint density at radius 1 is 1.15 bits per heavy atom. The van der Waals surface area contributed by atoms with Crippen molar-refractivity contribution in [3.8, 4) is 5.75 Å². The molecule has 0 aliphatic heterocycles. The van der Waals surface area contributed by atoms with Crippen molar-refractivity contribution in [2.24, 2.45) is 0 Å². The van der Waals surface area contributed by atoms with E-state index in [1.54, 1.807) is 18.2 Å². The molecule has 0 saturated heterocycles. The van der Waals surface area contributed by atoms with Crippen LogP contribution in [0.4, 0.5) is 0 Å². The number of Topliss-reactive ketones (excluding diaryl/α,β-unsaturated/α-hetero) is 1. The van der Waals surface area contributed by atoms with Gasteiger partial charge in [-0.15, -0.1) is 0 Å². The number of carbonyl (C=O) groups is 1. The van der Waals surface area contributed by atoms with E-state index in [-0.39, 0.29) is 17.7 Å². The van der Waals surface area contributed by atoms with Gasteiger partial charge in [-0.05, 0) is 23.8 Å². The Balaban J connectivity index is 2.13. The molecule has 0 aliphatic carbocycles. The second kappa shape index (κ2) is 7.22. The Morgan fingerprint density at radius 3 is 2.55 bits per heavy atom. The molecule has 0 heterocycles. The molecule has 104 valence electrons. The maximum atomic E-state index is 11.6. The van der Waals surface area contributed by atoms with Crippen LogP contribution in [0.2, 0.25) is 0 Å². The molecule has 2 aromatic carbocycles. The number of rotatable bonds is 6. The predicted molar refractivity (Wildman–Crippen MR) is 81.3 cm³/mol. The first kappa shape index (κ1) is 14.8. The molecular formula is C16H15BrO3. The van der Waals surface area contributed by atoms with E-state index in [4.69, 9.17) is 4.74 Å². The number of hydrogen-bond donors (Lipinski definition) is 1. The topological polar surface area (TPSA) is 46.5 Å². The summed E-state index contributed by atoms with van der Waals surface area (Å²) in [6.45, 7) is 0.271. The summed E-state index contributed by atoms with van der Waals surface area (Å²) in [7, 11) is 0. The van der Waals surface area contributed by atoms with Crippen LogP contribution in [0.25, 0.3) is 0 Å². The van der Waals surface area contributed by atoms with Crippen molar-refractivity contribution < 1.29 is 14.6 Å². The van der Waals surface area contributed by atoms with Crippen molar-refractivity contribution in [1.82, 2.24) is 0 Å². The van der Waals surface area contributed by atoms with Crippen molar-refractivity contribution in [3.05, 3.63) is 65.2 Å². The number of hydrogen-bond acceptors (Lipinski definition) is 3. The normalized spacial score (nSPS) is 10.3. The summed E-state index contributed by atoms with van der Waals surface area (Å²) in [5, 5.41) is 9.66. The van der Waals surface area contributed by atoms with E-state index in [2.05, 4.69) is 15.9 Å². The number of carbonyl (C=O) groups excluding carboxylic acids is 1. The molecule has 0 radical (unpaired) electrons.